The van der Waals surface area contributed by atoms with Crippen LogP contribution in [0.1, 0.15) is 23.2 Å². The number of carbonyl (C=O) groups is 1. The third-order valence-corrected chi connectivity index (χ3v) is 3.96. The molecule has 1 aromatic carbocycles. The molecule has 1 fully saturated rings. The summed E-state index contributed by atoms with van der Waals surface area (Å²) in [4.78, 5) is 16.2. The van der Waals surface area contributed by atoms with Gasteiger partial charge < -0.3 is 15.2 Å². The second-order valence-electron chi connectivity index (χ2n) is 5.37. The molecule has 0 spiro atoms. The van der Waals surface area contributed by atoms with Crippen molar-refractivity contribution in [2.45, 2.75) is 31.6 Å². The molecule has 2 aromatic rings. The maximum Gasteiger partial charge on any atom is 0.387 e. The van der Waals surface area contributed by atoms with Crippen LogP contribution in [-0.2, 0) is 0 Å². The highest BCUT2D eigenvalue weighted by atomic mass is 35.5. The average molecular weight is 343 g/mol. The molecular formula is C15H13ClF2N2O3. The number of alkyl halides is 2. The van der Waals surface area contributed by atoms with Gasteiger partial charge in [0.05, 0.1) is 22.2 Å². The minimum Gasteiger partial charge on any atom is -0.433 e. The molecule has 3 rings (SSSR count). The smallest absolute Gasteiger partial charge is 0.387 e. The second-order valence-corrected chi connectivity index (χ2v) is 5.78. The van der Waals surface area contributed by atoms with Crippen LogP contribution in [-0.4, -0.2) is 34.8 Å². The van der Waals surface area contributed by atoms with Crippen molar-refractivity contribution in [1.29, 1.82) is 0 Å². The first-order valence-corrected chi connectivity index (χ1v) is 7.33. The molecule has 1 heterocycles. The Morgan fingerprint density at radius 3 is 2.78 bits per heavy atom. The highest BCUT2D eigenvalue weighted by Gasteiger charge is 2.28. The van der Waals surface area contributed by atoms with Crippen LogP contribution in [0.3, 0.4) is 0 Å². The molecule has 0 atom stereocenters. The van der Waals surface area contributed by atoms with Crippen LogP contribution in [0.4, 0.5) is 8.78 Å². The maximum atomic E-state index is 12.3. The van der Waals surface area contributed by atoms with E-state index in [0.29, 0.717) is 29.3 Å². The lowest BCUT2D eigenvalue weighted by Gasteiger charge is -2.31. The molecule has 1 aliphatic carbocycles. The minimum absolute atomic E-state index is 0.0132. The van der Waals surface area contributed by atoms with E-state index < -0.39 is 6.61 Å². The molecule has 0 unspecified atom stereocenters. The van der Waals surface area contributed by atoms with E-state index in [1.165, 1.54) is 18.3 Å². The van der Waals surface area contributed by atoms with E-state index in [9.17, 15) is 18.7 Å². The first-order valence-electron chi connectivity index (χ1n) is 6.95. The Balaban J connectivity index is 1.82. The molecular weight excluding hydrogens is 330 g/mol. The summed E-state index contributed by atoms with van der Waals surface area (Å²) in [5.41, 5.74) is 0.721. The second kappa shape index (κ2) is 6.25. The van der Waals surface area contributed by atoms with Gasteiger partial charge in [-0.1, -0.05) is 11.6 Å². The predicted molar refractivity (Wildman–Crippen MR) is 79.9 cm³/mol. The van der Waals surface area contributed by atoms with E-state index in [-0.39, 0.29) is 28.8 Å². The lowest BCUT2D eigenvalue weighted by atomic mass is 9.89. The summed E-state index contributed by atoms with van der Waals surface area (Å²) >= 11 is 5.90. The number of carbonyl (C=O) groups excluding carboxylic acids is 1. The lowest BCUT2D eigenvalue weighted by Crippen LogP contribution is -2.46. The molecule has 5 nitrogen and oxygen atoms in total. The number of hydrogen-bond donors (Lipinski definition) is 2. The van der Waals surface area contributed by atoms with Gasteiger partial charge in [-0.15, -0.1) is 0 Å². The van der Waals surface area contributed by atoms with Crippen molar-refractivity contribution in [2.24, 2.45) is 0 Å². The molecule has 0 radical (unpaired) electrons. The summed E-state index contributed by atoms with van der Waals surface area (Å²) < 4.78 is 28.9. The monoisotopic (exact) mass is 342 g/mol. The van der Waals surface area contributed by atoms with Gasteiger partial charge in [-0.25, -0.2) is 0 Å². The van der Waals surface area contributed by atoms with Gasteiger partial charge in [0.1, 0.15) is 5.75 Å². The summed E-state index contributed by atoms with van der Waals surface area (Å²) in [6, 6.07) is 4.25. The van der Waals surface area contributed by atoms with Crippen LogP contribution < -0.4 is 10.1 Å². The van der Waals surface area contributed by atoms with Crippen LogP contribution >= 0.6 is 11.6 Å². The number of halogens is 3. The van der Waals surface area contributed by atoms with Crippen molar-refractivity contribution in [1.82, 2.24) is 10.3 Å². The summed E-state index contributed by atoms with van der Waals surface area (Å²) in [6.45, 7) is -2.98. The first kappa shape index (κ1) is 15.9. The quantitative estimate of drug-likeness (QED) is 0.896. The fourth-order valence-corrected chi connectivity index (χ4v) is 2.63. The van der Waals surface area contributed by atoms with Gasteiger partial charge in [-0.05, 0) is 25.0 Å². The topological polar surface area (TPSA) is 71.5 Å². The van der Waals surface area contributed by atoms with E-state index in [1.807, 2.05) is 0 Å². The van der Waals surface area contributed by atoms with Crippen molar-refractivity contribution in [3.8, 4) is 5.75 Å². The van der Waals surface area contributed by atoms with Gasteiger partial charge in [0, 0.05) is 23.7 Å². The molecule has 1 saturated carbocycles. The first-order chi connectivity index (χ1) is 10.9. The maximum absolute atomic E-state index is 12.3. The molecule has 1 aromatic heterocycles. The molecule has 8 heteroatoms. The molecule has 2 N–H and O–H groups in total. The van der Waals surface area contributed by atoms with Crippen LogP contribution in [0.5, 0.6) is 5.75 Å². The van der Waals surface area contributed by atoms with Gasteiger partial charge in [0.15, 0.2) is 0 Å². The van der Waals surface area contributed by atoms with E-state index in [2.05, 4.69) is 15.0 Å². The molecule has 0 aliphatic heterocycles. The zero-order valence-electron chi connectivity index (χ0n) is 11.8. The lowest BCUT2D eigenvalue weighted by molar-refractivity contribution is -0.0497. The van der Waals surface area contributed by atoms with E-state index in [0.717, 1.165) is 0 Å². The van der Waals surface area contributed by atoms with Crippen LogP contribution in [0, 0.1) is 0 Å². The largest absolute Gasteiger partial charge is 0.433 e. The van der Waals surface area contributed by atoms with Crippen molar-refractivity contribution < 1.29 is 23.4 Å². The number of rotatable bonds is 4. The zero-order valence-corrected chi connectivity index (χ0v) is 12.6. The number of aliphatic hydroxyl groups is 1. The summed E-state index contributed by atoms with van der Waals surface area (Å²) in [6.07, 6.45) is 2.06. The summed E-state index contributed by atoms with van der Waals surface area (Å²) in [5.74, 6) is -0.470. The number of fused-ring (bicyclic) bond motifs is 1. The predicted octanol–water partition coefficient (Wildman–Crippen LogP) is 2.74. The van der Waals surface area contributed by atoms with E-state index >= 15 is 0 Å². The number of nitrogens with one attached hydrogen (secondary N) is 1. The van der Waals surface area contributed by atoms with Gasteiger partial charge >= 0.3 is 6.61 Å². The zero-order chi connectivity index (χ0) is 16.6. The van der Waals surface area contributed by atoms with Crippen molar-refractivity contribution >= 4 is 28.4 Å². The molecule has 122 valence electrons. The van der Waals surface area contributed by atoms with Gasteiger partial charge in [0.25, 0.3) is 5.91 Å². The number of benzene rings is 1. The normalized spacial score (nSPS) is 20.4. The van der Waals surface area contributed by atoms with Crippen molar-refractivity contribution in [3.05, 3.63) is 35.0 Å². The van der Waals surface area contributed by atoms with Gasteiger partial charge in [-0.3, -0.25) is 9.78 Å². The van der Waals surface area contributed by atoms with Crippen molar-refractivity contribution in [3.63, 3.8) is 0 Å². The Morgan fingerprint density at radius 2 is 2.13 bits per heavy atom. The molecule has 1 aliphatic rings. The Hall–Kier alpha value is -1.99. The van der Waals surface area contributed by atoms with Crippen LogP contribution in [0.25, 0.3) is 10.9 Å². The number of aliphatic hydroxyl groups excluding tert-OH is 1. The Kier molecular flexibility index (Phi) is 4.32. The number of hydrogen-bond acceptors (Lipinski definition) is 4. The number of ether oxygens (including phenoxy) is 1. The third-order valence-electron chi connectivity index (χ3n) is 3.66. The molecule has 23 heavy (non-hydrogen) atoms. The summed E-state index contributed by atoms with van der Waals surface area (Å²) in [7, 11) is 0. The van der Waals surface area contributed by atoms with Crippen molar-refractivity contribution in [2.75, 3.05) is 0 Å². The van der Waals surface area contributed by atoms with E-state index in [4.69, 9.17) is 11.6 Å². The molecule has 0 bridgehead atoms. The molecule has 0 saturated heterocycles. The van der Waals surface area contributed by atoms with Crippen LogP contribution in [0.15, 0.2) is 24.4 Å². The fraction of sp³-hybridized carbons (Fsp3) is 0.333. The Labute approximate surface area is 135 Å². The van der Waals surface area contributed by atoms with Crippen LogP contribution in [0.2, 0.25) is 5.02 Å². The Bertz CT molecular complexity index is 751. The standard InChI is InChI=1S/C15H13ClF2N2O3/c16-11-2-7-1-8(14(22)20-9-3-10(21)4-9)6-19-12(7)5-13(11)23-15(17)18/h1-2,5-6,9-10,15,21H,3-4H2,(H,20,22). The average Bonchev–Trinajstić information content (AvgIpc) is 2.45. The third kappa shape index (κ3) is 3.51. The highest BCUT2D eigenvalue weighted by Crippen LogP contribution is 2.30. The fourth-order valence-electron chi connectivity index (χ4n) is 2.41. The Morgan fingerprint density at radius 1 is 1.39 bits per heavy atom. The number of nitrogens with zero attached hydrogens (tertiary/aromatic N) is 1. The van der Waals surface area contributed by atoms with Gasteiger partial charge in [-0.2, -0.15) is 8.78 Å². The summed E-state index contributed by atoms with van der Waals surface area (Å²) in [5, 5.41) is 12.6. The van der Waals surface area contributed by atoms with E-state index in [1.54, 1.807) is 6.07 Å². The molecule has 1 amide bonds. The minimum atomic E-state index is -2.98. The number of amides is 1. The SMILES string of the molecule is O=C(NC1CC(O)C1)c1cnc2cc(OC(F)F)c(Cl)cc2c1. The number of aromatic nitrogens is 1. The van der Waals surface area contributed by atoms with Gasteiger partial charge in [0.2, 0.25) is 0 Å². The number of pyridine rings is 1. The highest BCUT2D eigenvalue weighted by molar-refractivity contribution is 6.32.